The Morgan fingerprint density at radius 3 is 2.41 bits per heavy atom. The van der Waals surface area contributed by atoms with Gasteiger partial charge >= 0.3 is 6.01 Å². The van der Waals surface area contributed by atoms with Crippen molar-refractivity contribution < 1.29 is 9.84 Å². The number of nitrogens with zero attached hydrogens (tertiary/aromatic N) is 7. The number of phenolic OH excluding ortho intramolecular Hbond substituents is 1. The average Bonchev–Trinajstić information content (AvgIpc) is 2.98. The van der Waals surface area contributed by atoms with Crippen LogP contribution in [-0.2, 0) is 0 Å². The topological polar surface area (TPSA) is 100 Å². The predicted molar refractivity (Wildman–Crippen MR) is 130 cm³/mol. The molecule has 4 heterocycles. The summed E-state index contributed by atoms with van der Waals surface area (Å²) in [5.41, 5.74) is 2.33. The predicted octanol–water partition coefficient (Wildman–Crippen LogP) is 3.55. The second-order valence-corrected chi connectivity index (χ2v) is 10.0. The van der Waals surface area contributed by atoms with Gasteiger partial charge in [0.15, 0.2) is 11.6 Å². The van der Waals surface area contributed by atoms with E-state index < -0.39 is 0 Å². The van der Waals surface area contributed by atoms with Crippen molar-refractivity contribution in [3.05, 3.63) is 36.7 Å². The smallest absolute Gasteiger partial charge is 0.319 e. The van der Waals surface area contributed by atoms with Crippen LogP contribution in [0.15, 0.2) is 36.7 Å². The van der Waals surface area contributed by atoms with Crippen LogP contribution in [0.4, 0.5) is 5.82 Å². The first-order valence-electron chi connectivity index (χ1n) is 11.6. The Kier molecular flexibility index (Phi) is 5.39. The lowest BCUT2D eigenvalue weighted by Gasteiger charge is -2.51. The number of piperidine rings is 1. The summed E-state index contributed by atoms with van der Waals surface area (Å²) >= 11 is 0. The number of methoxy groups -OCH3 is 1. The minimum absolute atomic E-state index is 0.0834. The number of hydrogen-bond donors (Lipinski definition) is 1. The molecule has 0 aliphatic carbocycles. The molecule has 0 unspecified atom stereocenters. The average molecular weight is 462 g/mol. The molecule has 5 rings (SSSR count). The van der Waals surface area contributed by atoms with E-state index in [0.29, 0.717) is 28.7 Å². The van der Waals surface area contributed by atoms with E-state index in [1.807, 2.05) is 18.2 Å². The Hall–Kier alpha value is -3.33. The summed E-state index contributed by atoms with van der Waals surface area (Å²) in [5, 5.41) is 19.6. The van der Waals surface area contributed by atoms with Gasteiger partial charge in [0.2, 0.25) is 0 Å². The largest absolute Gasteiger partial charge is 0.507 e. The van der Waals surface area contributed by atoms with Crippen molar-refractivity contribution in [2.45, 2.75) is 56.7 Å². The molecule has 178 valence electrons. The highest BCUT2D eigenvalue weighted by molar-refractivity contribution is 5.72. The third-order valence-corrected chi connectivity index (χ3v) is 8.00. The zero-order chi connectivity index (χ0) is 24.1. The van der Waals surface area contributed by atoms with Gasteiger partial charge in [-0.2, -0.15) is 9.97 Å². The molecule has 0 amide bonds. The number of anilines is 1. The van der Waals surface area contributed by atoms with Crippen molar-refractivity contribution in [1.29, 1.82) is 0 Å². The standard InChI is InChI=1S/C25H31N7O2/c1-24-10-11-25(2,32(24)4)14-17(13-24)31(3)21-9-8-19(29-30-21)18-7-6-16(12-20(18)33)22-26-15-27-23(28-22)34-5/h6-9,12,15,17,33H,10-11,13-14H2,1-5H3/t17-,24-,25+. The van der Waals surface area contributed by atoms with Crippen LogP contribution in [0.1, 0.15) is 39.5 Å². The van der Waals surface area contributed by atoms with E-state index in [9.17, 15) is 5.11 Å². The second-order valence-electron chi connectivity index (χ2n) is 10.0. The van der Waals surface area contributed by atoms with Crippen LogP contribution in [0.5, 0.6) is 11.8 Å². The van der Waals surface area contributed by atoms with E-state index in [4.69, 9.17) is 4.74 Å². The number of hydrogen-bond acceptors (Lipinski definition) is 9. The molecule has 0 spiro atoms. The van der Waals surface area contributed by atoms with Gasteiger partial charge in [-0.3, -0.25) is 4.90 Å². The second kappa shape index (κ2) is 8.16. The highest BCUT2D eigenvalue weighted by Gasteiger charge is 2.54. The molecular formula is C25H31N7O2. The number of fused-ring (bicyclic) bond motifs is 2. The first kappa shape index (κ1) is 22.5. The summed E-state index contributed by atoms with van der Waals surface area (Å²) in [6.07, 6.45) is 6.08. The molecule has 9 heteroatoms. The van der Waals surface area contributed by atoms with Crippen molar-refractivity contribution in [3.63, 3.8) is 0 Å². The van der Waals surface area contributed by atoms with Gasteiger partial charge in [-0.15, -0.1) is 10.2 Å². The summed E-state index contributed by atoms with van der Waals surface area (Å²) < 4.78 is 5.06. The van der Waals surface area contributed by atoms with Crippen LogP contribution < -0.4 is 9.64 Å². The van der Waals surface area contributed by atoms with E-state index in [2.05, 4.69) is 62.9 Å². The van der Waals surface area contributed by atoms with E-state index in [-0.39, 0.29) is 22.8 Å². The quantitative estimate of drug-likeness (QED) is 0.611. The monoisotopic (exact) mass is 461 g/mol. The lowest BCUT2D eigenvalue weighted by molar-refractivity contribution is 0.0273. The highest BCUT2D eigenvalue weighted by Crippen LogP contribution is 2.50. The zero-order valence-electron chi connectivity index (χ0n) is 20.4. The minimum Gasteiger partial charge on any atom is -0.507 e. The summed E-state index contributed by atoms with van der Waals surface area (Å²) in [6.45, 7) is 4.76. The lowest BCUT2D eigenvalue weighted by atomic mass is 9.82. The zero-order valence-corrected chi connectivity index (χ0v) is 20.4. The molecule has 2 aliphatic heterocycles. The molecule has 3 atom stereocenters. The molecule has 1 N–H and O–H groups in total. The third kappa shape index (κ3) is 3.73. The van der Waals surface area contributed by atoms with Crippen LogP contribution in [0.2, 0.25) is 0 Å². The van der Waals surface area contributed by atoms with Gasteiger partial charge in [0.1, 0.15) is 12.1 Å². The molecule has 0 saturated carbocycles. The Bertz CT molecular complexity index is 1180. The molecule has 9 nitrogen and oxygen atoms in total. The molecule has 1 aromatic carbocycles. The van der Waals surface area contributed by atoms with Gasteiger partial charge < -0.3 is 14.7 Å². The minimum atomic E-state index is 0.0834. The molecular weight excluding hydrogens is 430 g/mol. The van der Waals surface area contributed by atoms with Crippen molar-refractivity contribution in [1.82, 2.24) is 30.0 Å². The molecule has 2 fully saturated rings. The summed E-state index contributed by atoms with van der Waals surface area (Å²) in [7, 11) is 5.88. The van der Waals surface area contributed by atoms with Gasteiger partial charge in [-0.1, -0.05) is 6.07 Å². The molecule has 2 aromatic heterocycles. The van der Waals surface area contributed by atoms with Crippen molar-refractivity contribution in [2.75, 3.05) is 26.1 Å². The Labute approximate surface area is 199 Å². The Morgan fingerprint density at radius 1 is 1.06 bits per heavy atom. The molecule has 2 saturated heterocycles. The van der Waals surface area contributed by atoms with Crippen molar-refractivity contribution >= 4 is 5.82 Å². The maximum Gasteiger partial charge on any atom is 0.319 e. The van der Waals surface area contributed by atoms with Crippen LogP contribution >= 0.6 is 0 Å². The summed E-state index contributed by atoms with van der Waals surface area (Å²) in [4.78, 5) is 17.1. The number of benzene rings is 1. The van der Waals surface area contributed by atoms with Gasteiger partial charge in [0, 0.05) is 35.3 Å². The number of ether oxygens (including phenoxy) is 1. The third-order valence-electron chi connectivity index (χ3n) is 8.00. The van der Waals surface area contributed by atoms with E-state index in [1.54, 1.807) is 12.1 Å². The Balaban J connectivity index is 1.35. The fourth-order valence-electron chi connectivity index (χ4n) is 5.61. The Morgan fingerprint density at radius 2 is 1.79 bits per heavy atom. The normalized spacial score (nSPS) is 26.4. The van der Waals surface area contributed by atoms with Crippen molar-refractivity contribution in [2.24, 2.45) is 0 Å². The first-order chi connectivity index (χ1) is 16.2. The number of phenols is 1. The lowest BCUT2D eigenvalue weighted by Crippen LogP contribution is -2.59. The first-order valence-corrected chi connectivity index (χ1v) is 11.6. The number of rotatable bonds is 5. The van der Waals surface area contributed by atoms with Crippen LogP contribution in [0.25, 0.3) is 22.6 Å². The van der Waals surface area contributed by atoms with Gasteiger partial charge in [0.25, 0.3) is 0 Å². The summed E-state index contributed by atoms with van der Waals surface area (Å²) in [5.74, 6) is 1.35. The number of aromatic nitrogens is 5. The highest BCUT2D eigenvalue weighted by atomic mass is 16.5. The van der Waals surface area contributed by atoms with Crippen LogP contribution in [0, 0.1) is 0 Å². The molecule has 2 bridgehead atoms. The van der Waals surface area contributed by atoms with Gasteiger partial charge in [-0.25, -0.2) is 4.98 Å². The van der Waals surface area contributed by atoms with Gasteiger partial charge in [-0.05, 0) is 70.8 Å². The van der Waals surface area contributed by atoms with E-state index >= 15 is 0 Å². The van der Waals surface area contributed by atoms with E-state index in [0.717, 1.165) is 18.7 Å². The molecule has 2 aliphatic rings. The molecule has 3 aromatic rings. The van der Waals surface area contributed by atoms with Crippen molar-refractivity contribution in [3.8, 4) is 34.4 Å². The van der Waals surface area contributed by atoms with E-state index in [1.165, 1.54) is 26.3 Å². The fraction of sp³-hybridized carbons (Fsp3) is 0.480. The maximum atomic E-state index is 10.7. The van der Waals surface area contributed by atoms with Crippen LogP contribution in [0.3, 0.4) is 0 Å². The number of aromatic hydroxyl groups is 1. The molecule has 0 radical (unpaired) electrons. The summed E-state index contributed by atoms with van der Waals surface area (Å²) in [6, 6.07) is 9.77. The van der Waals surface area contributed by atoms with Crippen LogP contribution in [-0.4, -0.2) is 73.5 Å². The van der Waals surface area contributed by atoms with Gasteiger partial charge in [0.05, 0.1) is 12.8 Å². The fourth-order valence-corrected chi connectivity index (χ4v) is 5.61. The maximum absolute atomic E-state index is 10.7. The SMILES string of the molecule is COc1ncnc(-c2ccc(-c3ccc(N(C)[C@H]4C[C@]5(C)CC[C@](C)(C4)N5C)nn3)c(O)c2)n1. The molecule has 34 heavy (non-hydrogen) atoms.